The Morgan fingerprint density at radius 2 is 2.29 bits per heavy atom. The molecule has 1 N–H and O–H groups in total. The molecule has 0 saturated carbocycles. The molecular formula is C12H22N2. The Kier molecular flexibility index (Phi) is 5.00. The summed E-state index contributed by atoms with van der Waals surface area (Å²) >= 11 is 0. The SMILES string of the molecule is C#CC(CC)NC1CCCN(C)CC1. The van der Waals surface area contributed by atoms with Crippen LogP contribution in [0.4, 0.5) is 0 Å². The Balaban J connectivity index is 2.33. The molecule has 1 aliphatic heterocycles. The number of rotatable bonds is 3. The molecule has 0 bridgehead atoms. The maximum absolute atomic E-state index is 5.44. The van der Waals surface area contributed by atoms with Crippen molar-refractivity contribution in [2.75, 3.05) is 20.1 Å². The number of hydrogen-bond acceptors (Lipinski definition) is 2. The molecule has 2 unspecified atom stereocenters. The van der Waals surface area contributed by atoms with E-state index in [1.54, 1.807) is 0 Å². The van der Waals surface area contributed by atoms with Gasteiger partial charge in [-0.2, -0.15) is 0 Å². The van der Waals surface area contributed by atoms with Gasteiger partial charge in [-0.3, -0.25) is 0 Å². The van der Waals surface area contributed by atoms with E-state index >= 15 is 0 Å². The van der Waals surface area contributed by atoms with Gasteiger partial charge in [-0.05, 0) is 45.8 Å². The summed E-state index contributed by atoms with van der Waals surface area (Å²) in [4.78, 5) is 2.40. The van der Waals surface area contributed by atoms with Crippen molar-refractivity contribution >= 4 is 0 Å². The smallest absolute Gasteiger partial charge is 0.0686 e. The van der Waals surface area contributed by atoms with Crippen LogP contribution in [0.25, 0.3) is 0 Å². The lowest BCUT2D eigenvalue weighted by Gasteiger charge is -2.20. The number of likely N-dealkylation sites (tertiary alicyclic amines) is 1. The number of nitrogens with zero attached hydrogens (tertiary/aromatic N) is 1. The van der Waals surface area contributed by atoms with Gasteiger partial charge >= 0.3 is 0 Å². The van der Waals surface area contributed by atoms with E-state index < -0.39 is 0 Å². The van der Waals surface area contributed by atoms with Crippen molar-refractivity contribution in [3.8, 4) is 12.3 Å². The fraction of sp³-hybridized carbons (Fsp3) is 0.833. The summed E-state index contributed by atoms with van der Waals surface area (Å²) in [6.45, 7) is 4.56. The second-order valence-electron chi connectivity index (χ2n) is 4.23. The predicted octanol–water partition coefficient (Wildman–Crippen LogP) is 1.47. The topological polar surface area (TPSA) is 15.3 Å². The second-order valence-corrected chi connectivity index (χ2v) is 4.23. The van der Waals surface area contributed by atoms with E-state index in [1.807, 2.05) is 0 Å². The molecule has 0 spiro atoms. The third kappa shape index (κ3) is 3.69. The quantitative estimate of drug-likeness (QED) is 0.685. The maximum Gasteiger partial charge on any atom is 0.0686 e. The molecule has 2 heteroatoms. The van der Waals surface area contributed by atoms with Gasteiger partial charge in [-0.15, -0.1) is 6.42 Å². The van der Waals surface area contributed by atoms with Crippen LogP contribution >= 0.6 is 0 Å². The highest BCUT2D eigenvalue weighted by atomic mass is 15.1. The first kappa shape index (κ1) is 11.6. The van der Waals surface area contributed by atoms with Crippen LogP contribution in [-0.2, 0) is 0 Å². The molecule has 14 heavy (non-hydrogen) atoms. The van der Waals surface area contributed by atoms with Gasteiger partial charge in [0.15, 0.2) is 0 Å². The Bertz CT molecular complexity index is 195. The maximum atomic E-state index is 5.44. The highest BCUT2D eigenvalue weighted by Gasteiger charge is 2.16. The number of hydrogen-bond donors (Lipinski definition) is 1. The first-order valence-corrected chi connectivity index (χ1v) is 5.67. The normalized spacial score (nSPS) is 26.5. The Morgan fingerprint density at radius 3 is 2.93 bits per heavy atom. The van der Waals surface area contributed by atoms with Crippen molar-refractivity contribution < 1.29 is 0 Å². The fourth-order valence-corrected chi connectivity index (χ4v) is 1.97. The Hall–Kier alpha value is -0.520. The van der Waals surface area contributed by atoms with Crippen LogP contribution in [0.5, 0.6) is 0 Å². The van der Waals surface area contributed by atoms with Gasteiger partial charge < -0.3 is 10.2 Å². The van der Waals surface area contributed by atoms with Crippen molar-refractivity contribution in [2.45, 2.75) is 44.7 Å². The molecule has 2 atom stereocenters. The standard InChI is InChI=1S/C12H22N2/c1-4-11(5-2)13-12-7-6-9-14(3)10-8-12/h1,11-13H,5-10H2,2-3H3. The van der Waals surface area contributed by atoms with Crippen LogP contribution in [0.1, 0.15) is 32.6 Å². The molecule has 0 aromatic heterocycles. The molecule has 0 amide bonds. The van der Waals surface area contributed by atoms with Crippen LogP contribution in [0.3, 0.4) is 0 Å². The summed E-state index contributed by atoms with van der Waals surface area (Å²) in [5.41, 5.74) is 0. The minimum absolute atomic E-state index is 0.267. The minimum atomic E-state index is 0.267. The second kappa shape index (κ2) is 6.06. The molecule has 1 aliphatic rings. The van der Waals surface area contributed by atoms with Crippen LogP contribution in [0.2, 0.25) is 0 Å². The molecule has 1 heterocycles. The van der Waals surface area contributed by atoms with Gasteiger partial charge in [0, 0.05) is 6.04 Å². The Morgan fingerprint density at radius 1 is 1.50 bits per heavy atom. The summed E-state index contributed by atoms with van der Waals surface area (Å²) in [6.07, 6.45) is 10.3. The zero-order valence-electron chi connectivity index (χ0n) is 9.42. The molecule has 1 saturated heterocycles. The van der Waals surface area contributed by atoms with Crippen molar-refractivity contribution in [1.29, 1.82) is 0 Å². The highest BCUT2D eigenvalue weighted by molar-refractivity contribution is 4.99. The zero-order chi connectivity index (χ0) is 10.4. The van der Waals surface area contributed by atoms with Gasteiger partial charge in [0.05, 0.1) is 6.04 Å². The van der Waals surface area contributed by atoms with Gasteiger partial charge in [-0.25, -0.2) is 0 Å². The lowest BCUT2D eigenvalue weighted by atomic mass is 10.1. The van der Waals surface area contributed by atoms with Crippen molar-refractivity contribution in [1.82, 2.24) is 10.2 Å². The van der Waals surface area contributed by atoms with Crippen LogP contribution < -0.4 is 5.32 Å². The van der Waals surface area contributed by atoms with Crippen molar-refractivity contribution in [3.63, 3.8) is 0 Å². The molecule has 80 valence electrons. The molecule has 0 aromatic carbocycles. The van der Waals surface area contributed by atoms with E-state index in [4.69, 9.17) is 6.42 Å². The lowest BCUT2D eigenvalue weighted by Crippen LogP contribution is -2.37. The van der Waals surface area contributed by atoms with Crippen LogP contribution in [0.15, 0.2) is 0 Å². The lowest BCUT2D eigenvalue weighted by molar-refractivity contribution is 0.341. The van der Waals surface area contributed by atoms with Gasteiger partial charge in [0.1, 0.15) is 0 Å². The first-order valence-electron chi connectivity index (χ1n) is 5.67. The van der Waals surface area contributed by atoms with Crippen LogP contribution in [0, 0.1) is 12.3 Å². The summed E-state index contributed by atoms with van der Waals surface area (Å²) in [5.74, 6) is 2.81. The monoisotopic (exact) mass is 194 g/mol. The highest BCUT2D eigenvalue weighted by Crippen LogP contribution is 2.10. The first-order chi connectivity index (χ1) is 6.76. The van der Waals surface area contributed by atoms with Crippen molar-refractivity contribution in [2.24, 2.45) is 0 Å². The van der Waals surface area contributed by atoms with E-state index in [-0.39, 0.29) is 6.04 Å². The summed E-state index contributed by atoms with van der Waals surface area (Å²) in [7, 11) is 2.20. The van der Waals surface area contributed by atoms with E-state index in [2.05, 4.69) is 30.1 Å². The van der Waals surface area contributed by atoms with Gasteiger partial charge in [0.25, 0.3) is 0 Å². The molecule has 0 aromatic rings. The van der Waals surface area contributed by atoms with Gasteiger partial charge in [0.2, 0.25) is 0 Å². The minimum Gasteiger partial charge on any atom is -0.306 e. The van der Waals surface area contributed by atoms with Crippen LogP contribution in [-0.4, -0.2) is 37.1 Å². The Labute approximate surface area is 88.1 Å². The average Bonchev–Trinajstić information content (AvgIpc) is 2.40. The molecule has 0 aliphatic carbocycles. The van der Waals surface area contributed by atoms with Crippen molar-refractivity contribution in [3.05, 3.63) is 0 Å². The zero-order valence-corrected chi connectivity index (χ0v) is 9.42. The number of terminal acetylenes is 1. The van der Waals surface area contributed by atoms with E-state index in [9.17, 15) is 0 Å². The molecule has 1 fully saturated rings. The summed E-state index contributed by atoms with van der Waals surface area (Å²) in [6, 6.07) is 0.893. The predicted molar refractivity (Wildman–Crippen MR) is 61.2 cm³/mol. The molecular weight excluding hydrogens is 172 g/mol. The fourth-order valence-electron chi connectivity index (χ4n) is 1.97. The van der Waals surface area contributed by atoms with E-state index in [1.165, 1.54) is 32.4 Å². The average molecular weight is 194 g/mol. The van der Waals surface area contributed by atoms with Gasteiger partial charge in [-0.1, -0.05) is 12.8 Å². The third-order valence-electron chi connectivity index (χ3n) is 3.00. The summed E-state index contributed by atoms with van der Waals surface area (Å²) in [5, 5.41) is 3.55. The number of nitrogens with one attached hydrogen (secondary N) is 1. The molecule has 1 rings (SSSR count). The summed E-state index contributed by atoms with van der Waals surface area (Å²) < 4.78 is 0. The molecule has 2 nitrogen and oxygen atoms in total. The van der Waals surface area contributed by atoms with E-state index in [0.717, 1.165) is 6.42 Å². The largest absolute Gasteiger partial charge is 0.306 e. The third-order valence-corrected chi connectivity index (χ3v) is 3.00. The molecule has 0 radical (unpaired) electrons. The van der Waals surface area contributed by atoms with E-state index in [0.29, 0.717) is 6.04 Å².